The van der Waals surface area contributed by atoms with Gasteiger partial charge < -0.3 is 11.1 Å². The topological polar surface area (TPSA) is 62.8 Å². The highest BCUT2D eigenvalue weighted by molar-refractivity contribution is 6.30. The molecule has 90 valence electrons. The molecule has 0 bridgehead atoms. The lowest BCUT2D eigenvalue weighted by atomic mass is 10.0. The van der Waals surface area contributed by atoms with Crippen molar-refractivity contribution in [3.8, 4) is 0 Å². The summed E-state index contributed by atoms with van der Waals surface area (Å²) in [7, 11) is 0. The number of nitrogens with one attached hydrogen (secondary N) is 1. The van der Waals surface area contributed by atoms with Crippen molar-refractivity contribution in [3.05, 3.63) is 64.9 Å². The number of halogens is 1. The normalized spacial score (nSPS) is 11.8. The van der Waals surface area contributed by atoms with Crippen molar-refractivity contribution in [2.45, 2.75) is 0 Å². The van der Waals surface area contributed by atoms with E-state index in [4.69, 9.17) is 22.7 Å². The molecule has 0 aliphatic heterocycles. The summed E-state index contributed by atoms with van der Waals surface area (Å²) >= 11 is 5.84. The lowest BCUT2D eigenvalue weighted by molar-refractivity contribution is 1.31. The van der Waals surface area contributed by atoms with Gasteiger partial charge in [0.15, 0.2) is 0 Å². The summed E-state index contributed by atoms with van der Waals surface area (Å²) in [6.07, 6.45) is 4.59. The molecule has 0 saturated heterocycles. The highest BCUT2D eigenvalue weighted by Gasteiger charge is 2.06. The molecule has 3 nitrogen and oxygen atoms in total. The Morgan fingerprint density at radius 2 is 1.67 bits per heavy atom. The molecule has 0 radical (unpaired) electrons. The van der Waals surface area contributed by atoms with Gasteiger partial charge in [0.25, 0.3) is 0 Å². The molecule has 2 rings (SSSR count). The fourth-order valence-electron chi connectivity index (χ4n) is 1.63. The summed E-state index contributed by atoms with van der Waals surface area (Å²) in [6.45, 7) is 0. The van der Waals surface area contributed by atoms with E-state index in [9.17, 15) is 0 Å². The number of hydrogen-bond acceptors (Lipinski definition) is 3. The van der Waals surface area contributed by atoms with E-state index in [0.717, 1.165) is 11.1 Å². The Kier molecular flexibility index (Phi) is 3.75. The van der Waals surface area contributed by atoms with Crippen molar-refractivity contribution in [3.63, 3.8) is 0 Å². The van der Waals surface area contributed by atoms with Gasteiger partial charge in [0.05, 0.1) is 0 Å². The number of allylic oxidation sites excluding steroid dienone is 1. The Labute approximate surface area is 110 Å². The smallest absolute Gasteiger partial charge is 0.0483 e. The third kappa shape index (κ3) is 2.57. The Morgan fingerprint density at radius 1 is 1.06 bits per heavy atom. The van der Waals surface area contributed by atoms with E-state index in [1.807, 2.05) is 24.3 Å². The van der Waals surface area contributed by atoms with Crippen LogP contribution >= 0.6 is 11.6 Å². The molecule has 0 unspecified atom stereocenters. The van der Waals surface area contributed by atoms with Gasteiger partial charge in [-0.2, -0.15) is 0 Å². The third-order valence-corrected chi connectivity index (χ3v) is 2.83. The van der Waals surface area contributed by atoms with Gasteiger partial charge in [-0.25, -0.2) is 0 Å². The molecule has 0 amide bonds. The first-order valence-corrected chi connectivity index (χ1v) is 5.76. The maximum Gasteiger partial charge on any atom is 0.0483 e. The molecule has 0 fully saturated rings. The summed E-state index contributed by atoms with van der Waals surface area (Å²) in [5.41, 5.74) is 9.01. The fourth-order valence-corrected chi connectivity index (χ4v) is 1.76. The number of rotatable bonds is 3. The van der Waals surface area contributed by atoms with Crippen molar-refractivity contribution >= 4 is 29.1 Å². The average molecular weight is 258 g/mol. The monoisotopic (exact) mass is 257 g/mol. The average Bonchev–Trinajstić information content (AvgIpc) is 2.42. The fraction of sp³-hybridized carbons (Fsp3) is 0. The molecular formula is C14H12ClN3. The van der Waals surface area contributed by atoms with Crippen LogP contribution in [0.15, 0.2) is 48.8 Å². The number of hydrogen-bond donors (Lipinski definition) is 2. The molecular weight excluding hydrogens is 246 g/mol. The maximum absolute atomic E-state index is 7.52. The molecule has 1 heterocycles. The summed E-state index contributed by atoms with van der Waals surface area (Å²) in [4.78, 5) is 3.94. The first-order chi connectivity index (χ1) is 8.72. The zero-order chi connectivity index (χ0) is 13.0. The Bertz CT molecular complexity index is 574. The summed E-state index contributed by atoms with van der Waals surface area (Å²) in [5, 5.41) is 8.18. The van der Waals surface area contributed by atoms with Gasteiger partial charge in [-0.15, -0.1) is 0 Å². The van der Waals surface area contributed by atoms with Crippen molar-refractivity contribution < 1.29 is 0 Å². The van der Waals surface area contributed by atoms with E-state index in [1.54, 1.807) is 24.5 Å². The number of nitrogens with zero attached hydrogens (tertiary/aromatic N) is 1. The van der Waals surface area contributed by atoms with Crippen molar-refractivity contribution in [1.29, 1.82) is 5.41 Å². The molecule has 0 aliphatic carbocycles. The van der Waals surface area contributed by atoms with Gasteiger partial charge in [-0.05, 0) is 29.8 Å². The quantitative estimate of drug-likeness (QED) is 0.830. The maximum atomic E-state index is 7.52. The van der Waals surface area contributed by atoms with Crippen molar-refractivity contribution in [1.82, 2.24) is 4.98 Å². The standard InChI is InChI=1S/C14H12ClN3/c15-12-3-1-10(2-4-12)13(9-16)14(17)11-5-7-18-8-6-11/h1-9,16H,17H2. The molecule has 18 heavy (non-hydrogen) atoms. The molecule has 0 aliphatic rings. The number of benzene rings is 1. The first kappa shape index (κ1) is 12.3. The van der Waals surface area contributed by atoms with Gasteiger partial charge in [0.1, 0.15) is 0 Å². The largest absolute Gasteiger partial charge is 0.398 e. The molecule has 0 saturated carbocycles. The number of pyridine rings is 1. The van der Waals surface area contributed by atoms with Crippen LogP contribution in [-0.2, 0) is 0 Å². The van der Waals surface area contributed by atoms with Gasteiger partial charge in [0, 0.05) is 40.5 Å². The predicted octanol–water partition coefficient (Wildman–Crippen LogP) is 3.21. The Hall–Kier alpha value is -2.13. The SMILES string of the molecule is N=CC(=C(N)c1ccncc1)c1ccc(Cl)cc1. The lowest BCUT2D eigenvalue weighted by Crippen LogP contribution is -2.02. The summed E-state index contributed by atoms with van der Waals surface area (Å²) in [6, 6.07) is 10.9. The molecule has 3 N–H and O–H groups in total. The van der Waals surface area contributed by atoms with E-state index >= 15 is 0 Å². The lowest BCUT2D eigenvalue weighted by Gasteiger charge is -2.08. The van der Waals surface area contributed by atoms with Crippen LogP contribution < -0.4 is 5.73 Å². The van der Waals surface area contributed by atoms with E-state index in [1.165, 1.54) is 6.21 Å². The van der Waals surface area contributed by atoms with Crippen LogP contribution in [-0.4, -0.2) is 11.2 Å². The molecule has 1 aromatic carbocycles. The molecule has 0 spiro atoms. The number of aromatic nitrogens is 1. The van der Waals surface area contributed by atoms with E-state index in [-0.39, 0.29) is 0 Å². The second kappa shape index (κ2) is 5.47. The molecule has 1 aromatic heterocycles. The van der Waals surface area contributed by atoms with Crippen LogP contribution in [0.2, 0.25) is 5.02 Å². The van der Waals surface area contributed by atoms with Crippen LogP contribution in [0, 0.1) is 5.41 Å². The van der Waals surface area contributed by atoms with E-state index < -0.39 is 0 Å². The molecule has 2 aromatic rings. The third-order valence-electron chi connectivity index (χ3n) is 2.58. The van der Waals surface area contributed by atoms with Crippen LogP contribution in [0.25, 0.3) is 11.3 Å². The molecule has 0 atom stereocenters. The van der Waals surface area contributed by atoms with Crippen LogP contribution in [0.5, 0.6) is 0 Å². The minimum absolute atomic E-state index is 0.551. The molecule has 4 heteroatoms. The summed E-state index contributed by atoms with van der Waals surface area (Å²) in [5.74, 6) is 0. The predicted molar refractivity (Wildman–Crippen MR) is 75.5 cm³/mol. The first-order valence-electron chi connectivity index (χ1n) is 5.39. The van der Waals surface area contributed by atoms with Crippen molar-refractivity contribution in [2.75, 3.05) is 0 Å². The second-order valence-corrected chi connectivity index (χ2v) is 4.15. The van der Waals surface area contributed by atoms with E-state index in [2.05, 4.69) is 4.98 Å². The highest BCUT2D eigenvalue weighted by atomic mass is 35.5. The number of nitrogens with two attached hydrogens (primary N) is 1. The Morgan fingerprint density at radius 3 is 2.22 bits per heavy atom. The minimum atomic E-state index is 0.551. The van der Waals surface area contributed by atoms with Crippen LogP contribution in [0.1, 0.15) is 11.1 Å². The Balaban J connectivity index is 2.50. The van der Waals surface area contributed by atoms with Crippen LogP contribution in [0.3, 0.4) is 0 Å². The van der Waals surface area contributed by atoms with Crippen molar-refractivity contribution in [2.24, 2.45) is 5.73 Å². The van der Waals surface area contributed by atoms with Gasteiger partial charge in [0.2, 0.25) is 0 Å². The zero-order valence-corrected chi connectivity index (χ0v) is 10.4. The van der Waals surface area contributed by atoms with Gasteiger partial charge in [-0.3, -0.25) is 4.98 Å². The van der Waals surface area contributed by atoms with E-state index in [0.29, 0.717) is 16.3 Å². The highest BCUT2D eigenvalue weighted by Crippen LogP contribution is 2.22. The minimum Gasteiger partial charge on any atom is -0.398 e. The van der Waals surface area contributed by atoms with Gasteiger partial charge in [-0.1, -0.05) is 23.7 Å². The second-order valence-electron chi connectivity index (χ2n) is 3.71. The zero-order valence-electron chi connectivity index (χ0n) is 9.60. The summed E-state index contributed by atoms with van der Waals surface area (Å²) < 4.78 is 0. The van der Waals surface area contributed by atoms with Crippen LogP contribution in [0.4, 0.5) is 0 Å². The van der Waals surface area contributed by atoms with Gasteiger partial charge >= 0.3 is 0 Å².